The van der Waals surface area contributed by atoms with Crippen LogP contribution in [0.15, 0.2) is 71.3 Å². The maximum Gasteiger partial charge on any atom is 0.0871 e. The third-order valence-electron chi connectivity index (χ3n) is 1.93. The lowest BCUT2D eigenvalue weighted by molar-refractivity contribution is 0.999. The molecule has 0 aliphatic carbocycles. The molecule has 0 atom stereocenters. The van der Waals surface area contributed by atoms with E-state index in [2.05, 4.69) is 47.4 Å². The van der Waals surface area contributed by atoms with Crippen molar-refractivity contribution in [3.8, 4) is 0 Å². The number of allylic oxidation sites excluding steroid dienone is 3. The van der Waals surface area contributed by atoms with Crippen molar-refractivity contribution in [2.24, 2.45) is 9.98 Å². The van der Waals surface area contributed by atoms with Crippen LogP contribution in [0.3, 0.4) is 0 Å². The summed E-state index contributed by atoms with van der Waals surface area (Å²) in [5.74, 6) is 0. The zero-order valence-corrected chi connectivity index (χ0v) is 13.3. The van der Waals surface area contributed by atoms with Crippen molar-refractivity contribution >= 4 is 24.8 Å². The molecule has 0 amide bonds. The lowest BCUT2D eigenvalue weighted by Gasteiger charge is -2.11. The zero-order valence-electron chi connectivity index (χ0n) is 13.3. The monoisotopic (exact) mass is 286 g/mol. The molecular weight excluding hydrogens is 260 g/mol. The number of aliphatic imine (C=N–C) groups is 2. The van der Waals surface area contributed by atoms with Crippen LogP contribution in [-0.4, -0.2) is 20.5 Å². The SMILES string of the molecule is C=C/C=C(\C=C)NNc1ccccc1N=C.C=NC.CC. The van der Waals surface area contributed by atoms with Crippen molar-refractivity contribution in [2.45, 2.75) is 13.8 Å². The van der Waals surface area contributed by atoms with E-state index in [-0.39, 0.29) is 0 Å². The molecule has 21 heavy (non-hydrogen) atoms. The normalized spacial score (nSPS) is 8.81. The summed E-state index contributed by atoms with van der Waals surface area (Å²) in [4.78, 5) is 7.15. The quantitative estimate of drug-likeness (QED) is 0.458. The van der Waals surface area contributed by atoms with Crippen LogP contribution in [0.4, 0.5) is 11.4 Å². The first-order valence-corrected chi connectivity index (χ1v) is 6.61. The summed E-state index contributed by atoms with van der Waals surface area (Å²) in [5.41, 5.74) is 8.50. The van der Waals surface area contributed by atoms with Crippen LogP contribution in [-0.2, 0) is 0 Å². The van der Waals surface area contributed by atoms with Gasteiger partial charge >= 0.3 is 0 Å². The maximum atomic E-state index is 3.90. The first-order chi connectivity index (χ1) is 10.2. The standard InChI is InChI=1S/C13H15N3.C2H5N.C2H6/c1-4-8-11(5-2)15-16-13-10-7-6-9-12(13)14-3;1-3-2;1-2/h4-10,15-16H,1-3H2;1H2,2H3;1-2H3/b11-8+;;. The molecule has 0 aliphatic heterocycles. The van der Waals surface area contributed by atoms with E-state index in [1.54, 1.807) is 19.2 Å². The van der Waals surface area contributed by atoms with E-state index >= 15 is 0 Å². The summed E-state index contributed by atoms with van der Waals surface area (Å²) in [5, 5.41) is 0. The molecule has 4 heteroatoms. The second kappa shape index (κ2) is 15.4. The Labute approximate surface area is 128 Å². The highest BCUT2D eigenvalue weighted by molar-refractivity contribution is 5.67. The summed E-state index contributed by atoms with van der Waals surface area (Å²) in [6, 6.07) is 7.61. The Bertz CT molecular complexity index is 462. The number of rotatable bonds is 6. The van der Waals surface area contributed by atoms with E-state index in [1.807, 2.05) is 44.2 Å². The van der Waals surface area contributed by atoms with Crippen LogP contribution in [0.5, 0.6) is 0 Å². The van der Waals surface area contributed by atoms with Crippen molar-refractivity contribution in [1.29, 1.82) is 0 Å². The van der Waals surface area contributed by atoms with Crippen LogP contribution in [0.2, 0.25) is 0 Å². The number of hydrogen-bond donors (Lipinski definition) is 2. The van der Waals surface area contributed by atoms with Gasteiger partial charge in [0.15, 0.2) is 0 Å². The second-order valence-electron chi connectivity index (χ2n) is 3.30. The van der Waals surface area contributed by atoms with Gasteiger partial charge in [0, 0.05) is 7.05 Å². The number of para-hydroxylation sites is 2. The lowest BCUT2D eigenvalue weighted by atomic mass is 10.3. The molecule has 1 aromatic rings. The third kappa shape index (κ3) is 9.90. The average Bonchev–Trinajstić information content (AvgIpc) is 2.54. The molecule has 0 unspecified atom stereocenters. The molecule has 0 spiro atoms. The Morgan fingerprint density at radius 2 is 1.71 bits per heavy atom. The average molecular weight is 286 g/mol. The van der Waals surface area contributed by atoms with Crippen molar-refractivity contribution in [2.75, 3.05) is 12.5 Å². The molecule has 4 nitrogen and oxygen atoms in total. The molecule has 1 aromatic carbocycles. The zero-order chi connectivity index (χ0) is 16.5. The third-order valence-corrected chi connectivity index (χ3v) is 1.93. The van der Waals surface area contributed by atoms with Crippen molar-refractivity contribution in [3.63, 3.8) is 0 Å². The van der Waals surface area contributed by atoms with E-state index < -0.39 is 0 Å². The van der Waals surface area contributed by atoms with Gasteiger partial charge in [-0.3, -0.25) is 10.4 Å². The minimum absolute atomic E-state index is 0.789. The minimum Gasteiger partial charge on any atom is -0.304 e. The Morgan fingerprint density at radius 3 is 2.19 bits per heavy atom. The number of benzene rings is 1. The maximum absolute atomic E-state index is 3.90. The van der Waals surface area contributed by atoms with Gasteiger partial charge < -0.3 is 10.4 Å². The highest BCUT2D eigenvalue weighted by Crippen LogP contribution is 2.22. The van der Waals surface area contributed by atoms with Crippen LogP contribution in [0.25, 0.3) is 0 Å². The molecule has 0 radical (unpaired) electrons. The fourth-order valence-electron chi connectivity index (χ4n) is 1.14. The number of anilines is 1. The summed E-state index contributed by atoms with van der Waals surface area (Å²) >= 11 is 0. The molecule has 0 aromatic heterocycles. The molecule has 114 valence electrons. The van der Waals surface area contributed by atoms with Gasteiger partial charge in [-0.25, -0.2) is 0 Å². The van der Waals surface area contributed by atoms with Gasteiger partial charge in [-0.2, -0.15) is 0 Å². The second-order valence-corrected chi connectivity index (χ2v) is 3.30. The summed E-state index contributed by atoms with van der Waals surface area (Å²) < 4.78 is 0. The Hall–Kier alpha value is -2.62. The molecule has 0 bridgehead atoms. The number of nitrogens with zero attached hydrogens (tertiary/aromatic N) is 2. The Balaban J connectivity index is 0. The molecule has 0 aliphatic rings. The van der Waals surface area contributed by atoms with E-state index in [1.165, 1.54) is 0 Å². The highest BCUT2D eigenvalue weighted by atomic mass is 15.4. The number of nitrogens with one attached hydrogen (secondary N) is 2. The van der Waals surface area contributed by atoms with Crippen molar-refractivity contribution < 1.29 is 0 Å². The topological polar surface area (TPSA) is 48.8 Å². The Morgan fingerprint density at radius 1 is 1.14 bits per heavy atom. The highest BCUT2D eigenvalue weighted by Gasteiger charge is 1.97. The van der Waals surface area contributed by atoms with Gasteiger partial charge in [-0.1, -0.05) is 45.2 Å². The predicted molar refractivity (Wildman–Crippen MR) is 97.7 cm³/mol. The number of hydrazine groups is 1. The van der Waals surface area contributed by atoms with Crippen molar-refractivity contribution in [3.05, 3.63) is 61.3 Å². The molecule has 1 rings (SSSR count). The van der Waals surface area contributed by atoms with Crippen LogP contribution >= 0.6 is 0 Å². The molecular formula is C17H26N4. The van der Waals surface area contributed by atoms with E-state index in [9.17, 15) is 0 Å². The largest absolute Gasteiger partial charge is 0.304 e. The molecule has 0 fully saturated rings. The van der Waals surface area contributed by atoms with Crippen LogP contribution in [0.1, 0.15) is 13.8 Å². The lowest BCUT2D eigenvalue weighted by Crippen LogP contribution is -2.19. The number of hydrogen-bond acceptors (Lipinski definition) is 4. The Kier molecular flexibility index (Phi) is 15.2. The van der Waals surface area contributed by atoms with E-state index in [0.717, 1.165) is 17.1 Å². The van der Waals surface area contributed by atoms with Crippen molar-refractivity contribution in [1.82, 2.24) is 5.43 Å². The van der Waals surface area contributed by atoms with E-state index in [0.29, 0.717) is 0 Å². The van der Waals surface area contributed by atoms with Gasteiger partial charge in [0.25, 0.3) is 0 Å². The molecule has 0 heterocycles. The fourth-order valence-corrected chi connectivity index (χ4v) is 1.14. The van der Waals surface area contributed by atoms with Gasteiger partial charge in [-0.05, 0) is 37.7 Å². The van der Waals surface area contributed by atoms with Crippen LogP contribution < -0.4 is 10.9 Å². The predicted octanol–water partition coefficient (Wildman–Crippen LogP) is 4.53. The van der Waals surface area contributed by atoms with Gasteiger partial charge in [0.1, 0.15) is 0 Å². The summed E-state index contributed by atoms with van der Waals surface area (Å²) in [6.07, 6.45) is 5.19. The van der Waals surface area contributed by atoms with Gasteiger partial charge in [0.05, 0.1) is 17.1 Å². The smallest absolute Gasteiger partial charge is 0.0871 e. The summed E-state index contributed by atoms with van der Waals surface area (Å²) in [6.45, 7) is 17.9. The molecule has 2 N–H and O–H groups in total. The van der Waals surface area contributed by atoms with Gasteiger partial charge in [0.2, 0.25) is 0 Å². The summed E-state index contributed by atoms with van der Waals surface area (Å²) in [7, 11) is 1.64. The van der Waals surface area contributed by atoms with E-state index in [4.69, 9.17) is 0 Å². The first kappa shape index (κ1) is 20.7. The fraction of sp³-hybridized carbons (Fsp3) is 0.176. The minimum atomic E-state index is 0.789. The van der Waals surface area contributed by atoms with Gasteiger partial charge in [-0.15, -0.1) is 0 Å². The molecule has 0 saturated carbocycles. The molecule has 0 saturated heterocycles. The van der Waals surface area contributed by atoms with Crippen LogP contribution in [0, 0.1) is 0 Å². The first-order valence-electron chi connectivity index (χ1n) is 6.61.